The van der Waals surface area contributed by atoms with Crippen molar-refractivity contribution in [2.75, 3.05) is 13.2 Å². The van der Waals surface area contributed by atoms with Crippen molar-refractivity contribution in [3.05, 3.63) is 23.7 Å². The van der Waals surface area contributed by atoms with Gasteiger partial charge in [0, 0.05) is 6.61 Å². The third kappa shape index (κ3) is 1.55. The van der Waals surface area contributed by atoms with E-state index in [0.717, 1.165) is 26.0 Å². The summed E-state index contributed by atoms with van der Waals surface area (Å²) in [4.78, 5) is 0. The summed E-state index contributed by atoms with van der Waals surface area (Å²) in [5, 5.41) is 3.32. The highest BCUT2D eigenvalue weighted by atomic mass is 16.4. The van der Waals surface area contributed by atoms with Crippen molar-refractivity contribution in [2.45, 2.75) is 12.8 Å². The lowest BCUT2D eigenvalue weighted by atomic mass is 9.72. The molecule has 2 aliphatic rings. The monoisotopic (exact) mass is 149 g/mol. The van der Waals surface area contributed by atoms with E-state index in [-0.39, 0.29) is 7.05 Å². The molecule has 2 nitrogen and oxygen atoms in total. The van der Waals surface area contributed by atoms with Gasteiger partial charge in [-0.15, -0.1) is 0 Å². The number of allylic oxidation sites excluding steroid dienone is 4. The van der Waals surface area contributed by atoms with Crippen LogP contribution in [0.25, 0.3) is 0 Å². The maximum atomic E-state index is 5.53. The maximum absolute atomic E-state index is 5.53. The Kier molecular flexibility index (Phi) is 2.10. The van der Waals surface area contributed by atoms with Crippen molar-refractivity contribution in [3.8, 4) is 0 Å². The molecule has 0 saturated carbocycles. The Balaban J connectivity index is 1.97. The van der Waals surface area contributed by atoms with Gasteiger partial charge in [-0.2, -0.15) is 0 Å². The first-order valence-electron chi connectivity index (χ1n) is 4.18. The van der Waals surface area contributed by atoms with E-state index in [2.05, 4.69) is 23.5 Å². The molecule has 0 aromatic carbocycles. The lowest BCUT2D eigenvalue weighted by Gasteiger charge is -2.20. The molecule has 11 heavy (non-hydrogen) atoms. The molecule has 0 radical (unpaired) electrons. The first-order valence-corrected chi connectivity index (χ1v) is 4.18. The number of nitrogens with one attached hydrogen (secondary N) is 1. The SMILES string of the molecule is C1=CC(B2NCCCO2)=CC1. The summed E-state index contributed by atoms with van der Waals surface area (Å²) in [5.74, 6) is 0. The molecule has 1 aliphatic carbocycles. The Morgan fingerprint density at radius 3 is 3.18 bits per heavy atom. The van der Waals surface area contributed by atoms with Gasteiger partial charge in [0.05, 0.1) is 0 Å². The van der Waals surface area contributed by atoms with Gasteiger partial charge in [0.15, 0.2) is 0 Å². The van der Waals surface area contributed by atoms with Gasteiger partial charge >= 0.3 is 7.05 Å². The van der Waals surface area contributed by atoms with Crippen LogP contribution in [0.4, 0.5) is 0 Å². The minimum atomic E-state index is 0.169. The molecule has 1 N–H and O–H groups in total. The average molecular weight is 149 g/mol. The van der Waals surface area contributed by atoms with Crippen LogP contribution in [-0.4, -0.2) is 20.2 Å². The van der Waals surface area contributed by atoms with Crippen LogP contribution in [0.15, 0.2) is 23.7 Å². The molecule has 0 unspecified atom stereocenters. The first kappa shape index (κ1) is 7.13. The lowest BCUT2D eigenvalue weighted by molar-refractivity contribution is 0.285. The van der Waals surface area contributed by atoms with Crippen LogP contribution < -0.4 is 5.23 Å². The normalized spacial score (nSPS) is 24.0. The Morgan fingerprint density at radius 2 is 2.55 bits per heavy atom. The molecular weight excluding hydrogens is 137 g/mol. The van der Waals surface area contributed by atoms with Crippen molar-refractivity contribution < 1.29 is 4.65 Å². The van der Waals surface area contributed by atoms with Crippen LogP contribution in [0.5, 0.6) is 0 Å². The Hall–Kier alpha value is -0.535. The summed E-state index contributed by atoms with van der Waals surface area (Å²) >= 11 is 0. The van der Waals surface area contributed by atoms with Gasteiger partial charge in [-0.3, -0.25) is 0 Å². The van der Waals surface area contributed by atoms with E-state index in [1.165, 1.54) is 5.47 Å². The van der Waals surface area contributed by atoms with Gasteiger partial charge in [-0.05, 0) is 24.9 Å². The highest BCUT2D eigenvalue weighted by molar-refractivity contribution is 6.59. The number of rotatable bonds is 1. The lowest BCUT2D eigenvalue weighted by Crippen LogP contribution is -2.43. The van der Waals surface area contributed by atoms with E-state index < -0.39 is 0 Å². The fraction of sp³-hybridized carbons (Fsp3) is 0.500. The Labute approximate surface area is 67.4 Å². The molecule has 1 heterocycles. The average Bonchev–Trinajstić information content (AvgIpc) is 2.58. The van der Waals surface area contributed by atoms with Gasteiger partial charge < -0.3 is 9.88 Å². The largest absolute Gasteiger partial charge is 0.418 e. The molecule has 0 aromatic heterocycles. The van der Waals surface area contributed by atoms with Crippen molar-refractivity contribution in [2.24, 2.45) is 0 Å². The maximum Gasteiger partial charge on any atom is 0.415 e. The standard InChI is InChI=1S/C8H12BNO/c1-2-5-8(4-1)9-10-6-3-7-11-9/h1,4-5,10H,2-3,6-7H2. The van der Waals surface area contributed by atoms with Crippen molar-refractivity contribution >= 4 is 7.05 Å². The molecule has 1 aliphatic heterocycles. The van der Waals surface area contributed by atoms with E-state index in [1.54, 1.807) is 0 Å². The van der Waals surface area contributed by atoms with E-state index in [1.807, 2.05) is 0 Å². The van der Waals surface area contributed by atoms with Crippen molar-refractivity contribution in [3.63, 3.8) is 0 Å². The highest BCUT2D eigenvalue weighted by Crippen LogP contribution is 2.13. The third-order valence-electron chi connectivity index (χ3n) is 2.04. The predicted octanol–water partition coefficient (Wildman–Crippen LogP) is 0.910. The number of hydrogen-bond acceptors (Lipinski definition) is 2. The van der Waals surface area contributed by atoms with Crippen molar-refractivity contribution in [1.82, 2.24) is 5.23 Å². The van der Waals surface area contributed by atoms with E-state index in [4.69, 9.17) is 4.65 Å². The summed E-state index contributed by atoms with van der Waals surface area (Å²) in [5.41, 5.74) is 1.30. The fourth-order valence-electron chi connectivity index (χ4n) is 1.45. The summed E-state index contributed by atoms with van der Waals surface area (Å²) < 4.78 is 5.53. The summed E-state index contributed by atoms with van der Waals surface area (Å²) in [6, 6.07) is 0. The predicted molar refractivity (Wildman–Crippen MR) is 46.2 cm³/mol. The second kappa shape index (κ2) is 3.24. The molecule has 3 heteroatoms. The highest BCUT2D eigenvalue weighted by Gasteiger charge is 2.23. The molecule has 1 saturated heterocycles. The Morgan fingerprint density at radius 1 is 1.55 bits per heavy atom. The van der Waals surface area contributed by atoms with E-state index in [0.29, 0.717) is 0 Å². The molecule has 58 valence electrons. The van der Waals surface area contributed by atoms with E-state index in [9.17, 15) is 0 Å². The van der Waals surface area contributed by atoms with Crippen LogP contribution in [0.3, 0.4) is 0 Å². The third-order valence-corrected chi connectivity index (χ3v) is 2.04. The first-order chi connectivity index (χ1) is 5.47. The summed E-state index contributed by atoms with van der Waals surface area (Å²) in [7, 11) is 0.169. The molecule has 0 bridgehead atoms. The summed E-state index contributed by atoms with van der Waals surface area (Å²) in [6.45, 7) is 1.97. The minimum absolute atomic E-state index is 0.169. The van der Waals surface area contributed by atoms with Gasteiger partial charge in [-0.25, -0.2) is 0 Å². The van der Waals surface area contributed by atoms with Crippen LogP contribution in [0, 0.1) is 0 Å². The zero-order chi connectivity index (χ0) is 7.52. The molecule has 0 aromatic rings. The van der Waals surface area contributed by atoms with Gasteiger partial charge in [-0.1, -0.05) is 18.2 Å². The van der Waals surface area contributed by atoms with Crippen LogP contribution >= 0.6 is 0 Å². The van der Waals surface area contributed by atoms with Gasteiger partial charge in [0.25, 0.3) is 0 Å². The molecule has 0 amide bonds. The Bertz CT molecular complexity index is 194. The minimum Gasteiger partial charge on any atom is -0.418 e. The fourth-order valence-corrected chi connectivity index (χ4v) is 1.45. The topological polar surface area (TPSA) is 21.3 Å². The zero-order valence-corrected chi connectivity index (χ0v) is 6.55. The molecule has 0 atom stereocenters. The van der Waals surface area contributed by atoms with E-state index >= 15 is 0 Å². The summed E-state index contributed by atoms with van der Waals surface area (Å²) in [6.07, 6.45) is 8.71. The van der Waals surface area contributed by atoms with Crippen LogP contribution in [-0.2, 0) is 4.65 Å². The zero-order valence-electron chi connectivity index (χ0n) is 6.55. The van der Waals surface area contributed by atoms with Gasteiger partial charge in [0.2, 0.25) is 0 Å². The second-order valence-electron chi connectivity index (χ2n) is 2.90. The second-order valence-corrected chi connectivity index (χ2v) is 2.90. The molecule has 0 spiro atoms. The smallest absolute Gasteiger partial charge is 0.415 e. The van der Waals surface area contributed by atoms with Crippen LogP contribution in [0.1, 0.15) is 12.8 Å². The van der Waals surface area contributed by atoms with Gasteiger partial charge in [0.1, 0.15) is 0 Å². The molecular formula is C8H12BNO. The number of hydrogen-bond donors (Lipinski definition) is 1. The molecule has 2 rings (SSSR count). The molecule has 1 fully saturated rings. The van der Waals surface area contributed by atoms with Crippen molar-refractivity contribution in [1.29, 1.82) is 0 Å². The quantitative estimate of drug-likeness (QED) is 0.559. The van der Waals surface area contributed by atoms with Crippen LogP contribution in [0.2, 0.25) is 0 Å².